The Bertz CT molecular complexity index is 584. The van der Waals surface area contributed by atoms with E-state index in [1.54, 1.807) is 17.7 Å². The van der Waals surface area contributed by atoms with Crippen LogP contribution in [0.1, 0.15) is 24.4 Å². The van der Waals surface area contributed by atoms with E-state index in [0.717, 1.165) is 0 Å². The summed E-state index contributed by atoms with van der Waals surface area (Å²) in [4.78, 5) is 4.07. The molecule has 4 nitrogen and oxygen atoms in total. The first kappa shape index (κ1) is 13.8. The third kappa shape index (κ3) is 3.05. The molecule has 1 N–H and O–H groups in total. The molecule has 1 aromatic heterocycles. The molecule has 19 heavy (non-hydrogen) atoms. The lowest BCUT2D eigenvalue weighted by atomic mass is 10.1. The zero-order chi connectivity index (χ0) is 14.0. The molecule has 0 aliphatic carbocycles. The number of aliphatic hydroxyl groups is 1. The van der Waals surface area contributed by atoms with E-state index in [4.69, 9.17) is 16.3 Å². The van der Waals surface area contributed by atoms with Crippen LogP contribution in [0, 0.1) is 5.82 Å². The summed E-state index contributed by atoms with van der Waals surface area (Å²) in [5.41, 5.74) is 0.243. The maximum atomic E-state index is 13.6. The number of benzene rings is 1. The predicted octanol–water partition coefficient (Wildman–Crippen LogP) is 2.84. The van der Waals surface area contributed by atoms with Crippen LogP contribution >= 0.6 is 11.6 Å². The van der Waals surface area contributed by atoms with E-state index in [1.165, 1.54) is 25.3 Å². The molecule has 1 atom stereocenters. The van der Waals surface area contributed by atoms with Crippen molar-refractivity contribution in [3.8, 4) is 5.75 Å². The van der Waals surface area contributed by atoms with Gasteiger partial charge in [0, 0.05) is 18.7 Å². The first-order chi connectivity index (χ1) is 8.99. The Morgan fingerprint density at radius 2 is 2.26 bits per heavy atom. The molecule has 102 valence electrons. The summed E-state index contributed by atoms with van der Waals surface area (Å²) in [6, 6.07) is 4.35. The van der Waals surface area contributed by atoms with Gasteiger partial charge in [-0.2, -0.15) is 0 Å². The molecule has 2 aromatic rings. The molecule has 0 amide bonds. The van der Waals surface area contributed by atoms with Crippen molar-refractivity contribution in [2.45, 2.75) is 19.6 Å². The van der Waals surface area contributed by atoms with Gasteiger partial charge in [-0.05, 0) is 19.1 Å². The minimum atomic E-state index is -0.845. The van der Waals surface area contributed by atoms with Gasteiger partial charge in [0.05, 0.1) is 12.3 Å². The van der Waals surface area contributed by atoms with Gasteiger partial charge in [-0.3, -0.25) is 0 Å². The van der Waals surface area contributed by atoms with Gasteiger partial charge >= 0.3 is 0 Å². The van der Waals surface area contributed by atoms with Crippen LogP contribution in [0.15, 0.2) is 24.4 Å². The van der Waals surface area contributed by atoms with Crippen LogP contribution in [-0.2, 0) is 13.7 Å². The van der Waals surface area contributed by atoms with Crippen LogP contribution in [0.25, 0.3) is 0 Å². The second-order valence-electron chi connectivity index (χ2n) is 4.20. The highest BCUT2D eigenvalue weighted by atomic mass is 35.5. The Morgan fingerprint density at radius 3 is 2.79 bits per heavy atom. The van der Waals surface area contributed by atoms with Crippen molar-refractivity contribution in [2.75, 3.05) is 0 Å². The molecule has 0 bridgehead atoms. The number of ether oxygens (including phenoxy) is 1. The van der Waals surface area contributed by atoms with E-state index < -0.39 is 11.9 Å². The van der Waals surface area contributed by atoms with Gasteiger partial charge in [-0.15, -0.1) is 0 Å². The van der Waals surface area contributed by atoms with E-state index >= 15 is 0 Å². The van der Waals surface area contributed by atoms with E-state index in [9.17, 15) is 9.50 Å². The summed E-state index contributed by atoms with van der Waals surface area (Å²) in [6.45, 7) is 1.70. The van der Waals surface area contributed by atoms with Crippen LogP contribution in [0.4, 0.5) is 4.39 Å². The molecule has 2 rings (SSSR count). The zero-order valence-electron chi connectivity index (χ0n) is 10.6. The Kier molecular flexibility index (Phi) is 4.07. The number of hydrogen-bond acceptors (Lipinski definition) is 3. The molecule has 0 aliphatic heterocycles. The van der Waals surface area contributed by atoms with Crippen LogP contribution in [0.5, 0.6) is 5.75 Å². The minimum Gasteiger partial charge on any atom is -0.486 e. The third-order valence-electron chi connectivity index (χ3n) is 2.82. The van der Waals surface area contributed by atoms with Crippen LogP contribution in [-0.4, -0.2) is 14.7 Å². The van der Waals surface area contributed by atoms with E-state index in [-0.39, 0.29) is 12.2 Å². The number of imidazole rings is 1. The van der Waals surface area contributed by atoms with Gasteiger partial charge in [0.25, 0.3) is 0 Å². The lowest BCUT2D eigenvalue weighted by Crippen LogP contribution is -2.04. The molecule has 1 aromatic carbocycles. The summed E-state index contributed by atoms with van der Waals surface area (Å²) >= 11 is 5.85. The number of nitrogens with zero attached hydrogens (tertiary/aromatic N) is 2. The maximum absolute atomic E-state index is 13.6. The van der Waals surface area contributed by atoms with Gasteiger partial charge in [0.2, 0.25) is 0 Å². The Morgan fingerprint density at radius 1 is 1.53 bits per heavy atom. The molecule has 0 fully saturated rings. The summed E-state index contributed by atoms with van der Waals surface area (Å²) in [5, 5.41) is 9.84. The third-order valence-corrected chi connectivity index (χ3v) is 3.17. The highest BCUT2D eigenvalue weighted by Crippen LogP contribution is 2.22. The first-order valence-corrected chi connectivity index (χ1v) is 6.13. The molecule has 0 radical (unpaired) electrons. The highest BCUT2D eigenvalue weighted by Gasteiger charge is 2.10. The Hall–Kier alpha value is -1.59. The van der Waals surface area contributed by atoms with Crippen molar-refractivity contribution in [2.24, 2.45) is 7.05 Å². The summed E-state index contributed by atoms with van der Waals surface area (Å²) in [7, 11) is 1.77. The molecule has 1 unspecified atom stereocenters. The molecule has 1 heterocycles. The maximum Gasteiger partial charge on any atom is 0.147 e. The quantitative estimate of drug-likeness (QED) is 0.939. The second-order valence-corrected chi connectivity index (χ2v) is 4.59. The fourth-order valence-corrected chi connectivity index (χ4v) is 1.79. The predicted molar refractivity (Wildman–Crippen MR) is 69.6 cm³/mol. The monoisotopic (exact) mass is 284 g/mol. The number of hydrogen-bond donors (Lipinski definition) is 1. The largest absolute Gasteiger partial charge is 0.486 e. The van der Waals surface area contributed by atoms with Crippen LogP contribution < -0.4 is 4.74 Å². The zero-order valence-corrected chi connectivity index (χ0v) is 11.4. The fraction of sp³-hybridized carbons (Fsp3) is 0.308. The molecular weight excluding hydrogens is 271 g/mol. The summed E-state index contributed by atoms with van der Waals surface area (Å²) in [5.74, 6) is 0.524. The van der Waals surface area contributed by atoms with Crippen molar-refractivity contribution < 1.29 is 14.2 Å². The number of rotatable bonds is 4. The summed E-state index contributed by atoms with van der Waals surface area (Å²) in [6.07, 6.45) is 0.680. The topological polar surface area (TPSA) is 47.3 Å². The smallest absolute Gasteiger partial charge is 0.147 e. The Balaban J connectivity index is 2.08. The fourth-order valence-electron chi connectivity index (χ4n) is 1.64. The number of halogens is 2. The van der Waals surface area contributed by atoms with Gasteiger partial charge in [0.15, 0.2) is 0 Å². The van der Waals surface area contributed by atoms with E-state index in [2.05, 4.69) is 4.98 Å². The van der Waals surface area contributed by atoms with Crippen molar-refractivity contribution in [1.29, 1.82) is 0 Å². The van der Waals surface area contributed by atoms with Crippen molar-refractivity contribution in [1.82, 2.24) is 9.55 Å². The van der Waals surface area contributed by atoms with Crippen LogP contribution in [0.2, 0.25) is 5.15 Å². The molecule has 0 spiro atoms. The van der Waals surface area contributed by atoms with Gasteiger partial charge in [-0.1, -0.05) is 11.6 Å². The van der Waals surface area contributed by atoms with Crippen molar-refractivity contribution in [3.63, 3.8) is 0 Å². The summed E-state index contributed by atoms with van der Waals surface area (Å²) < 4.78 is 20.7. The second kappa shape index (κ2) is 5.59. The molecular formula is C13H14ClFN2O2. The average molecular weight is 285 g/mol. The SMILES string of the molecule is CC(O)c1ccc(OCc2ncc(Cl)n2C)cc1F. The van der Waals surface area contributed by atoms with Gasteiger partial charge in [-0.25, -0.2) is 9.37 Å². The van der Waals surface area contributed by atoms with E-state index in [0.29, 0.717) is 16.7 Å². The first-order valence-electron chi connectivity index (χ1n) is 5.75. The lowest BCUT2D eigenvalue weighted by Gasteiger charge is -2.10. The molecule has 6 heteroatoms. The molecule has 0 aliphatic rings. The average Bonchev–Trinajstić information content (AvgIpc) is 2.67. The van der Waals surface area contributed by atoms with E-state index in [1.807, 2.05) is 0 Å². The standard InChI is InChI=1S/C13H14ClFN2O2/c1-8(18)10-4-3-9(5-11(10)15)19-7-13-16-6-12(14)17(13)2/h3-6,8,18H,7H2,1-2H3. The van der Waals surface area contributed by atoms with Gasteiger partial charge < -0.3 is 14.4 Å². The normalized spacial score (nSPS) is 12.5. The number of aromatic nitrogens is 2. The molecule has 0 saturated carbocycles. The highest BCUT2D eigenvalue weighted by molar-refractivity contribution is 6.29. The minimum absolute atomic E-state index is 0.191. The van der Waals surface area contributed by atoms with Crippen molar-refractivity contribution >= 4 is 11.6 Å². The Labute approximate surface area is 115 Å². The van der Waals surface area contributed by atoms with Crippen LogP contribution in [0.3, 0.4) is 0 Å². The lowest BCUT2D eigenvalue weighted by molar-refractivity contribution is 0.193. The van der Waals surface area contributed by atoms with Crippen molar-refractivity contribution in [3.05, 3.63) is 46.8 Å². The molecule has 0 saturated heterocycles. The number of aliphatic hydroxyl groups excluding tert-OH is 1. The van der Waals surface area contributed by atoms with Gasteiger partial charge in [0.1, 0.15) is 29.2 Å².